The number of rotatable bonds is 3. The molecule has 1 aliphatic rings. The quantitative estimate of drug-likeness (QED) is 0.721. The highest BCUT2D eigenvalue weighted by atomic mass is 16.5. The number of anilines is 1. The van der Waals surface area contributed by atoms with Crippen LogP contribution in [0, 0.1) is 0 Å². The van der Waals surface area contributed by atoms with Crippen molar-refractivity contribution in [3.05, 3.63) is 5.82 Å². The summed E-state index contributed by atoms with van der Waals surface area (Å²) >= 11 is 0. The molecule has 0 aromatic carbocycles. The van der Waals surface area contributed by atoms with Gasteiger partial charge < -0.3 is 15.0 Å². The molecule has 0 amide bonds. The highest BCUT2D eigenvalue weighted by molar-refractivity contribution is 5.29. The summed E-state index contributed by atoms with van der Waals surface area (Å²) in [6.07, 6.45) is 0. The van der Waals surface area contributed by atoms with E-state index in [0.717, 1.165) is 38.0 Å². The lowest BCUT2D eigenvalue weighted by Gasteiger charge is -2.25. The number of aromatic nitrogens is 3. The van der Waals surface area contributed by atoms with Crippen molar-refractivity contribution in [1.82, 2.24) is 20.1 Å². The normalized spacial score (nSPS) is 17.1. The van der Waals surface area contributed by atoms with Crippen molar-refractivity contribution >= 4 is 5.95 Å². The van der Waals surface area contributed by atoms with Crippen LogP contribution >= 0.6 is 0 Å². The van der Waals surface area contributed by atoms with Gasteiger partial charge in [0, 0.05) is 40.3 Å². The average Bonchev–Trinajstić information content (AvgIpc) is 2.63. The molecule has 1 fully saturated rings. The number of nitrogens with zero attached hydrogens (tertiary/aromatic N) is 4. The van der Waals surface area contributed by atoms with Crippen molar-refractivity contribution in [2.24, 2.45) is 7.05 Å². The molecule has 0 saturated carbocycles. The van der Waals surface area contributed by atoms with Crippen LogP contribution in [0.1, 0.15) is 5.82 Å². The Labute approximate surface area is 89.2 Å². The first-order valence-corrected chi connectivity index (χ1v) is 5.16. The Balaban J connectivity index is 2.10. The van der Waals surface area contributed by atoms with Crippen molar-refractivity contribution in [1.29, 1.82) is 0 Å². The number of piperazine rings is 1. The molecule has 2 rings (SSSR count). The van der Waals surface area contributed by atoms with Gasteiger partial charge >= 0.3 is 0 Å². The molecular weight excluding hydrogens is 194 g/mol. The zero-order valence-electron chi connectivity index (χ0n) is 9.23. The summed E-state index contributed by atoms with van der Waals surface area (Å²) in [4.78, 5) is 6.64. The standard InChI is InChI=1S/C9H17N5O/c1-13-8(7-15-2)11-9(12-13)14-5-3-10-4-6-14/h10H,3-7H2,1-2H3. The fraction of sp³-hybridized carbons (Fsp3) is 0.778. The molecule has 0 aliphatic carbocycles. The summed E-state index contributed by atoms with van der Waals surface area (Å²) in [5.41, 5.74) is 0. The summed E-state index contributed by atoms with van der Waals surface area (Å²) in [6.45, 7) is 4.44. The van der Waals surface area contributed by atoms with E-state index in [1.165, 1.54) is 0 Å². The largest absolute Gasteiger partial charge is 0.377 e. The van der Waals surface area contributed by atoms with Crippen molar-refractivity contribution in [2.45, 2.75) is 6.61 Å². The van der Waals surface area contributed by atoms with Crippen molar-refractivity contribution in [3.8, 4) is 0 Å². The fourth-order valence-corrected chi connectivity index (χ4v) is 1.66. The first-order valence-electron chi connectivity index (χ1n) is 5.16. The summed E-state index contributed by atoms with van der Waals surface area (Å²) in [7, 11) is 3.56. The van der Waals surface area contributed by atoms with E-state index in [1.807, 2.05) is 7.05 Å². The van der Waals surface area contributed by atoms with Crippen LogP contribution in [-0.2, 0) is 18.4 Å². The Morgan fingerprint density at radius 3 is 2.80 bits per heavy atom. The summed E-state index contributed by atoms with van der Waals surface area (Å²) in [5.74, 6) is 1.68. The van der Waals surface area contributed by atoms with Crippen LogP contribution in [0.15, 0.2) is 0 Å². The zero-order valence-corrected chi connectivity index (χ0v) is 9.23. The molecular formula is C9H17N5O. The third kappa shape index (κ3) is 2.27. The number of hydrogen-bond donors (Lipinski definition) is 1. The lowest BCUT2D eigenvalue weighted by molar-refractivity contribution is 0.174. The van der Waals surface area contributed by atoms with Crippen LogP contribution < -0.4 is 10.2 Å². The molecule has 0 atom stereocenters. The Morgan fingerprint density at radius 2 is 2.13 bits per heavy atom. The van der Waals surface area contributed by atoms with Crippen LogP contribution in [0.3, 0.4) is 0 Å². The number of hydrogen-bond acceptors (Lipinski definition) is 5. The maximum Gasteiger partial charge on any atom is 0.245 e. The van der Waals surface area contributed by atoms with E-state index in [9.17, 15) is 0 Å². The van der Waals surface area contributed by atoms with E-state index in [0.29, 0.717) is 6.61 Å². The minimum atomic E-state index is 0.510. The van der Waals surface area contributed by atoms with E-state index in [1.54, 1.807) is 11.8 Å². The first kappa shape index (κ1) is 10.4. The maximum atomic E-state index is 5.06. The van der Waals surface area contributed by atoms with E-state index in [2.05, 4.69) is 20.3 Å². The van der Waals surface area contributed by atoms with E-state index in [-0.39, 0.29) is 0 Å². The fourth-order valence-electron chi connectivity index (χ4n) is 1.66. The molecule has 6 nitrogen and oxygen atoms in total. The second kappa shape index (κ2) is 4.59. The predicted molar refractivity (Wildman–Crippen MR) is 56.8 cm³/mol. The molecule has 1 aromatic rings. The molecule has 0 unspecified atom stereocenters. The Bertz CT molecular complexity index is 318. The maximum absolute atomic E-state index is 5.06. The number of aryl methyl sites for hydroxylation is 1. The number of nitrogens with one attached hydrogen (secondary N) is 1. The molecule has 2 heterocycles. The molecule has 84 valence electrons. The third-order valence-corrected chi connectivity index (χ3v) is 2.52. The summed E-state index contributed by atoms with van der Waals surface area (Å²) in [5, 5.41) is 7.68. The van der Waals surface area contributed by atoms with Gasteiger partial charge in [-0.1, -0.05) is 0 Å². The molecule has 0 bridgehead atoms. The second-order valence-corrected chi connectivity index (χ2v) is 3.62. The summed E-state index contributed by atoms with van der Waals surface area (Å²) in [6, 6.07) is 0. The lowest BCUT2D eigenvalue weighted by Crippen LogP contribution is -2.44. The number of methoxy groups -OCH3 is 1. The Kier molecular flexibility index (Phi) is 3.17. The van der Waals surface area contributed by atoms with E-state index in [4.69, 9.17) is 4.74 Å². The molecule has 1 aliphatic heterocycles. The minimum absolute atomic E-state index is 0.510. The van der Waals surface area contributed by atoms with Crippen molar-refractivity contribution in [3.63, 3.8) is 0 Å². The molecule has 1 saturated heterocycles. The first-order chi connectivity index (χ1) is 7.31. The van der Waals surface area contributed by atoms with Gasteiger partial charge in [0.1, 0.15) is 6.61 Å². The van der Waals surface area contributed by atoms with Crippen molar-refractivity contribution in [2.75, 3.05) is 38.2 Å². The van der Waals surface area contributed by atoms with Gasteiger partial charge in [-0.2, -0.15) is 4.98 Å². The van der Waals surface area contributed by atoms with Gasteiger partial charge in [0.2, 0.25) is 5.95 Å². The highest BCUT2D eigenvalue weighted by Gasteiger charge is 2.16. The van der Waals surface area contributed by atoms with Gasteiger partial charge in [0.05, 0.1) is 0 Å². The SMILES string of the molecule is COCc1nc(N2CCNCC2)nn1C. The van der Waals surface area contributed by atoms with Crippen LogP contribution in [0.2, 0.25) is 0 Å². The Morgan fingerprint density at radius 1 is 1.40 bits per heavy atom. The van der Waals surface area contributed by atoms with Gasteiger partial charge in [-0.3, -0.25) is 0 Å². The van der Waals surface area contributed by atoms with Gasteiger partial charge in [-0.15, -0.1) is 5.10 Å². The zero-order chi connectivity index (χ0) is 10.7. The molecule has 6 heteroatoms. The molecule has 0 radical (unpaired) electrons. The van der Waals surface area contributed by atoms with Crippen LogP contribution in [0.25, 0.3) is 0 Å². The molecule has 15 heavy (non-hydrogen) atoms. The van der Waals surface area contributed by atoms with Crippen molar-refractivity contribution < 1.29 is 4.74 Å². The van der Waals surface area contributed by atoms with Gasteiger partial charge in [-0.25, -0.2) is 4.68 Å². The molecule has 0 spiro atoms. The van der Waals surface area contributed by atoms with Gasteiger partial charge in [-0.05, 0) is 0 Å². The van der Waals surface area contributed by atoms with E-state index >= 15 is 0 Å². The van der Waals surface area contributed by atoms with E-state index < -0.39 is 0 Å². The smallest absolute Gasteiger partial charge is 0.245 e. The average molecular weight is 211 g/mol. The highest BCUT2D eigenvalue weighted by Crippen LogP contribution is 2.09. The monoisotopic (exact) mass is 211 g/mol. The topological polar surface area (TPSA) is 55.2 Å². The number of ether oxygens (including phenoxy) is 1. The lowest BCUT2D eigenvalue weighted by atomic mass is 10.4. The van der Waals surface area contributed by atoms with Gasteiger partial charge in [0.25, 0.3) is 0 Å². The Hall–Kier alpha value is -1.14. The predicted octanol–water partition coefficient (Wildman–Crippen LogP) is -0.629. The molecule has 1 aromatic heterocycles. The van der Waals surface area contributed by atoms with Crippen LogP contribution in [-0.4, -0.2) is 48.1 Å². The molecule has 1 N–H and O–H groups in total. The second-order valence-electron chi connectivity index (χ2n) is 3.62. The van der Waals surface area contributed by atoms with Gasteiger partial charge in [0.15, 0.2) is 5.82 Å². The summed E-state index contributed by atoms with van der Waals surface area (Å²) < 4.78 is 6.83. The minimum Gasteiger partial charge on any atom is -0.377 e. The van der Waals surface area contributed by atoms with Crippen LogP contribution in [0.4, 0.5) is 5.95 Å². The van der Waals surface area contributed by atoms with Crippen LogP contribution in [0.5, 0.6) is 0 Å². The third-order valence-electron chi connectivity index (χ3n) is 2.52.